The van der Waals surface area contributed by atoms with E-state index < -0.39 is 0 Å². The Morgan fingerprint density at radius 2 is 2.30 bits per heavy atom. The maximum atomic E-state index is 12.0. The maximum Gasteiger partial charge on any atom is 0.243 e. The van der Waals surface area contributed by atoms with Gasteiger partial charge in [0.05, 0.1) is 18.3 Å². The standard InChI is InChI=1S/C14H16N4O2/c19-13(9-18-6-2-1-3-14(18)20)16-11-5-4-10-8-15-17-12(10)7-11/h4-5,7-8H,1-3,6,9H2,(H,15,17)(H,16,19). The third kappa shape index (κ3) is 2.64. The first-order valence-corrected chi connectivity index (χ1v) is 6.73. The van der Waals surface area contributed by atoms with Gasteiger partial charge < -0.3 is 10.2 Å². The number of carbonyl (C=O) groups is 2. The minimum absolute atomic E-state index is 0.0652. The van der Waals surface area contributed by atoms with Gasteiger partial charge in [-0.25, -0.2) is 0 Å². The fraction of sp³-hybridized carbons (Fsp3) is 0.357. The van der Waals surface area contributed by atoms with Crippen LogP contribution in [0.15, 0.2) is 24.4 Å². The number of amides is 2. The molecule has 1 aliphatic heterocycles. The lowest BCUT2D eigenvalue weighted by atomic mass is 10.1. The smallest absolute Gasteiger partial charge is 0.243 e. The average Bonchev–Trinajstić information content (AvgIpc) is 2.89. The van der Waals surface area contributed by atoms with Crippen LogP contribution in [0.25, 0.3) is 10.9 Å². The van der Waals surface area contributed by atoms with Crippen molar-refractivity contribution in [3.8, 4) is 0 Å². The largest absolute Gasteiger partial charge is 0.333 e. The molecule has 0 bridgehead atoms. The molecule has 2 amide bonds. The van der Waals surface area contributed by atoms with Crippen molar-refractivity contribution in [2.24, 2.45) is 0 Å². The van der Waals surface area contributed by atoms with E-state index in [1.54, 1.807) is 11.1 Å². The van der Waals surface area contributed by atoms with Crippen molar-refractivity contribution in [1.29, 1.82) is 0 Å². The summed E-state index contributed by atoms with van der Waals surface area (Å²) < 4.78 is 0. The zero-order chi connectivity index (χ0) is 13.9. The second-order valence-corrected chi connectivity index (χ2v) is 4.99. The van der Waals surface area contributed by atoms with Crippen molar-refractivity contribution >= 4 is 28.4 Å². The summed E-state index contributed by atoms with van der Waals surface area (Å²) in [5.74, 6) is -0.102. The Morgan fingerprint density at radius 1 is 1.40 bits per heavy atom. The molecule has 2 heterocycles. The predicted octanol–water partition coefficient (Wildman–Crippen LogP) is 1.51. The highest BCUT2D eigenvalue weighted by Gasteiger charge is 2.20. The number of fused-ring (bicyclic) bond motifs is 1. The van der Waals surface area contributed by atoms with Crippen LogP contribution in [-0.2, 0) is 9.59 Å². The van der Waals surface area contributed by atoms with Crippen molar-refractivity contribution < 1.29 is 9.59 Å². The third-order valence-corrected chi connectivity index (χ3v) is 3.48. The van der Waals surface area contributed by atoms with E-state index in [1.807, 2.05) is 18.2 Å². The Bertz CT molecular complexity index is 649. The summed E-state index contributed by atoms with van der Waals surface area (Å²) in [5, 5.41) is 10.6. The summed E-state index contributed by atoms with van der Waals surface area (Å²) >= 11 is 0. The number of H-pyrrole nitrogens is 1. The minimum Gasteiger partial charge on any atom is -0.333 e. The van der Waals surface area contributed by atoms with E-state index in [-0.39, 0.29) is 18.4 Å². The number of hydrogen-bond acceptors (Lipinski definition) is 3. The number of aromatic amines is 1. The SMILES string of the molecule is O=C(CN1CCCCC1=O)Nc1ccc2cn[nH]c2c1. The number of benzene rings is 1. The highest BCUT2D eigenvalue weighted by Crippen LogP contribution is 2.17. The molecule has 1 aromatic heterocycles. The molecule has 1 aliphatic rings. The molecule has 6 nitrogen and oxygen atoms in total. The van der Waals surface area contributed by atoms with Gasteiger partial charge in [0.15, 0.2) is 0 Å². The molecule has 1 aromatic carbocycles. The molecule has 0 aliphatic carbocycles. The van der Waals surface area contributed by atoms with Crippen molar-refractivity contribution in [2.75, 3.05) is 18.4 Å². The van der Waals surface area contributed by atoms with Crippen LogP contribution >= 0.6 is 0 Å². The van der Waals surface area contributed by atoms with E-state index in [2.05, 4.69) is 15.5 Å². The van der Waals surface area contributed by atoms with Gasteiger partial charge in [-0.2, -0.15) is 5.10 Å². The lowest BCUT2D eigenvalue weighted by Crippen LogP contribution is -2.40. The molecular weight excluding hydrogens is 256 g/mol. The van der Waals surface area contributed by atoms with E-state index >= 15 is 0 Å². The summed E-state index contributed by atoms with van der Waals surface area (Å²) in [6.45, 7) is 0.797. The second kappa shape index (κ2) is 5.32. The van der Waals surface area contributed by atoms with Crippen molar-refractivity contribution in [3.63, 3.8) is 0 Å². The van der Waals surface area contributed by atoms with E-state index in [0.717, 1.165) is 23.7 Å². The number of nitrogens with one attached hydrogen (secondary N) is 2. The monoisotopic (exact) mass is 272 g/mol. The normalized spacial score (nSPS) is 15.6. The summed E-state index contributed by atoms with van der Waals surface area (Å²) in [6.07, 6.45) is 4.17. The van der Waals surface area contributed by atoms with Gasteiger partial charge in [0.1, 0.15) is 0 Å². The van der Waals surface area contributed by atoms with Crippen molar-refractivity contribution in [1.82, 2.24) is 15.1 Å². The van der Waals surface area contributed by atoms with E-state index in [1.165, 1.54) is 0 Å². The van der Waals surface area contributed by atoms with Crippen LogP contribution in [0.4, 0.5) is 5.69 Å². The highest BCUT2D eigenvalue weighted by molar-refractivity contribution is 5.96. The van der Waals surface area contributed by atoms with Crippen LogP contribution in [0, 0.1) is 0 Å². The summed E-state index contributed by atoms with van der Waals surface area (Å²) in [4.78, 5) is 25.2. The number of rotatable bonds is 3. The van der Waals surface area contributed by atoms with Crippen molar-refractivity contribution in [3.05, 3.63) is 24.4 Å². The minimum atomic E-state index is -0.167. The molecule has 0 unspecified atom stereocenters. The van der Waals surface area contributed by atoms with Crippen LogP contribution in [0.3, 0.4) is 0 Å². The lowest BCUT2D eigenvalue weighted by molar-refractivity contribution is -0.136. The zero-order valence-electron chi connectivity index (χ0n) is 11.1. The number of hydrogen-bond donors (Lipinski definition) is 2. The molecular formula is C14H16N4O2. The van der Waals surface area contributed by atoms with Gasteiger partial charge in [-0.05, 0) is 31.0 Å². The Kier molecular flexibility index (Phi) is 3.37. The third-order valence-electron chi connectivity index (χ3n) is 3.48. The Labute approximate surface area is 116 Å². The second-order valence-electron chi connectivity index (χ2n) is 4.99. The quantitative estimate of drug-likeness (QED) is 0.889. The molecule has 104 valence electrons. The number of likely N-dealkylation sites (tertiary alicyclic amines) is 1. The number of piperidine rings is 1. The van der Waals surface area contributed by atoms with E-state index in [9.17, 15) is 9.59 Å². The van der Waals surface area contributed by atoms with E-state index in [4.69, 9.17) is 0 Å². The molecule has 1 saturated heterocycles. The molecule has 2 N–H and O–H groups in total. The average molecular weight is 272 g/mol. The molecule has 3 rings (SSSR count). The molecule has 2 aromatic rings. The molecule has 1 fully saturated rings. The molecule has 0 saturated carbocycles. The zero-order valence-corrected chi connectivity index (χ0v) is 11.1. The summed E-state index contributed by atoms with van der Waals surface area (Å²) in [7, 11) is 0. The predicted molar refractivity (Wildman–Crippen MR) is 75.2 cm³/mol. The first-order chi connectivity index (χ1) is 9.72. The number of aromatic nitrogens is 2. The Hall–Kier alpha value is -2.37. The van der Waals surface area contributed by atoms with Crippen LogP contribution in [0.1, 0.15) is 19.3 Å². The van der Waals surface area contributed by atoms with Crippen LogP contribution in [-0.4, -0.2) is 40.0 Å². The lowest BCUT2D eigenvalue weighted by Gasteiger charge is -2.25. The van der Waals surface area contributed by atoms with Gasteiger partial charge >= 0.3 is 0 Å². The van der Waals surface area contributed by atoms with Gasteiger partial charge in [-0.1, -0.05) is 0 Å². The van der Waals surface area contributed by atoms with Crippen LogP contribution in [0.5, 0.6) is 0 Å². The first-order valence-electron chi connectivity index (χ1n) is 6.73. The fourth-order valence-corrected chi connectivity index (χ4v) is 2.42. The molecule has 0 radical (unpaired) electrons. The molecule has 0 atom stereocenters. The van der Waals surface area contributed by atoms with E-state index in [0.29, 0.717) is 18.7 Å². The maximum absolute atomic E-state index is 12.0. The topological polar surface area (TPSA) is 78.1 Å². The van der Waals surface area contributed by atoms with Crippen LogP contribution in [0.2, 0.25) is 0 Å². The van der Waals surface area contributed by atoms with Crippen LogP contribution < -0.4 is 5.32 Å². The number of anilines is 1. The Balaban J connectivity index is 1.64. The van der Waals surface area contributed by atoms with Gasteiger partial charge in [-0.15, -0.1) is 0 Å². The van der Waals surface area contributed by atoms with Gasteiger partial charge in [-0.3, -0.25) is 14.7 Å². The number of nitrogens with zero attached hydrogens (tertiary/aromatic N) is 2. The van der Waals surface area contributed by atoms with Gasteiger partial charge in [0, 0.05) is 24.0 Å². The van der Waals surface area contributed by atoms with Gasteiger partial charge in [0.25, 0.3) is 0 Å². The van der Waals surface area contributed by atoms with Crippen molar-refractivity contribution in [2.45, 2.75) is 19.3 Å². The Morgan fingerprint density at radius 3 is 3.15 bits per heavy atom. The molecule has 0 spiro atoms. The molecule has 6 heteroatoms. The summed E-state index contributed by atoms with van der Waals surface area (Å²) in [6, 6.07) is 5.55. The summed E-state index contributed by atoms with van der Waals surface area (Å²) in [5.41, 5.74) is 1.58. The molecule has 20 heavy (non-hydrogen) atoms. The highest BCUT2D eigenvalue weighted by atomic mass is 16.2. The first kappa shape index (κ1) is 12.7. The number of carbonyl (C=O) groups excluding carboxylic acids is 2. The van der Waals surface area contributed by atoms with Gasteiger partial charge in [0.2, 0.25) is 11.8 Å². The fourth-order valence-electron chi connectivity index (χ4n) is 2.42.